The second kappa shape index (κ2) is 8.16. The van der Waals surface area contributed by atoms with E-state index in [1.165, 1.54) is 29.5 Å². The maximum atomic E-state index is 12.4. The van der Waals surface area contributed by atoms with Crippen LogP contribution in [0.15, 0.2) is 42.5 Å². The molecule has 0 aliphatic heterocycles. The standard InChI is InChI=1S/C19H15N7O3S2/c1-10-6-7-12(9-15(10)26(28)29)16(27)21-18(30)20-14-5-3-4-13(8-14)17-24-25-11(2)22-23-19(25)31-17/h3-9H,1-2H3,(H2,20,21,27,30). The van der Waals surface area contributed by atoms with Gasteiger partial charge in [0.15, 0.2) is 10.9 Å². The number of aryl methyl sites for hydroxylation is 2. The first-order chi connectivity index (χ1) is 14.8. The number of anilines is 1. The third-order valence-electron chi connectivity index (χ3n) is 4.41. The van der Waals surface area contributed by atoms with Gasteiger partial charge in [-0.1, -0.05) is 29.5 Å². The fraction of sp³-hybridized carbons (Fsp3) is 0.105. The van der Waals surface area contributed by atoms with Gasteiger partial charge in [-0.3, -0.25) is 20.2 Å². The molecule has 2 heterocycles. The maximum absolute atomic E-state index is 12.4. The van der Waals surface area contributed by atoms with Crippen LogP contribution in [0.4, 0.5) is 11.4 Å². The molecule has 4 aromatic rings. The van der Waals surface area contributed by atoms with E-state index < -0.39 is 10.8 Å². The van der Waals surface area contributed by atoms with Crippen LogP contribution < -0.4 is 10.6 Å². The Kier molecular flexibility index (Phi) is 5.40. The molecule has 0 saturated carbocycles. The molecule has 2 aromatic heterocycles. The Morgan fingerprint density at radius 1 is 1.19 bits per heavy atom. The third kappa shape index (κ3) is 4.25. The summed E-state index contributed by atoms with van der Waals surface area (Å²) in [5.74, 6) is 0.160. The van der Waals surface area contributed by atoms with Crippen molar-refractivity contribution in [1.29, 1.82) is 0 Å². The summed E-state index contributed by atoms with van der Waals surface area (Å²) in [5, 5.41) is 29.9. The molecular weight excluding hydrogens is 438 g/mol. The quantitative estimate of drug-likeness (QED) is 0.273. The SMILES string of the molecule is Cc1ccc(C(=O)NC(=S)Nc2cccc(-c3nn4c(C)nnc4s3)c2)cc1[N+](=O)[O-]. The predicted octanol–water partition coefficient (Wildman–Crippen LogP) is 3.50. The van der Waals surface area contributed by atoms with Crippen molar-refractivity contribution in [3.05, 3.63) is 69.5 Å². The number of nitrogens with zero attached hydrogens (tertiary/aromatic N) is 5. The number of benzene rings is 2. The topological polar surface area (TPSA) is 127 Å². The number of carbonyl (C=O) groups is 1. The van der Waals surface area contributed by atoms with Gasteiger partial charge in [-0.2, -0.15) is 9.61 Å². The summed E-state index contributed by atoms with van der Waals surface area (Å²) in [6, 6.07) is 11.6. The van der Waals surface area contributed by atoms with Gasteiger partial charge in [0.2, 0.25) is 4.96 Å². The molecule has 10 nitrogen and oxygen atoms in total. The van der Waals surface area contributed by atoms with Crippen LogP contribution in [0.3, 0.4) is 0 Å². The summed E-state index contributed by atoms with van der Waals surface area (Å²) < 4.78 is 1.67. The Labute approximate surface area is 185 Å². The number of hydrogen-bond acceptors (Lipinski definition) is 8. The number of nitrogens with one attached hydrogen (secondary N) is 2. The highest BCUT2D eigenvalue weighted by molar-refractivity contribution is 7.80. The van der Waals surface area contributed by atoms with E-state index in [0.29, 0.717) is 22.0 Å². The third-order valence-corrected chi connectivity index (χ3v) is 5.56. The summed E-state index contributed by atoms with van der Waals surface area (Å²) in [6.45, 7) is 3.43. The molecule has 0 unspecified atom stereocenters. The number of rotatable bonds is 4. The minimum atomic E-state index is -0.541. The zero-order chi connectivity index (χ0) is 22.1. The lowest BCUT2D eigenvalue weighted by atomic mass is 10.1. The fourth-order valence-corrected chi connectivity index (χ4v) is 3.94. The van der Waals surface area contributed by atoms with Crippen molar-refractivity contribution in [3.8, 4) is 10.6 Å². The average Bonchev–Trinajstić information content (AvgIpc) is 3.30. The summed E-state index contributed by atoms with van der Waals surface area (Å²) >= 11 is 6.63. The molecule has 0 fully saturated rings. The van der Waals surface area contributed by atoms with E-state index in [0.717, 1.165) is 10.6 Å². The van der Waals surface area contributed by atoms with Crippen molar-refractivity contribution in [2.75, 3.05) is 5.32 Å². The number of carbonyl (C=O) groups excluding carboxylic acids is 1. The van der Waals surface area contributed by atoms with Gasteiger partial charge in [-0.15, -0.1) is 10.2 Å². The van der Waals surface area contributed by atoms with E-state index in [9.17, 15) is 14.9 Å². The first-order valence-electron chi connectivity index (χ1n) is 8.98. The van der Waals surface area contributed by atoms with Crippen molar-refractivity contribution in [3.63, 3.8) is 0 Å². The van der Waals surface area contributed by atoms with E-state index in [1.54, 1.807) is 17.5 Å². The lowest BCUT2D eigenvalue weighted by Crippen LogP contribution is -2.34. The second-order valence-electron chi connectivity index (χ2n) is 6.60. The van der Waals surface area contributed by atoms with E-state index >= 15 is 0 Å². The zero-order valence-corrected chi connectivity index (χ0v) is 18.0. The van der Waals surface area contributed by atoms with Crippen molar-refractivity contribution in [1.82, 2.24) is 25.1 Å². The lowest BCUT2D eigenvalue weighted by molar-refractivity contribution is -0.385. The van der Waals surface area contributed by atoms with Gasteiger partial charge < -0.3 is 5.32 Å². The van der Waals surface area contributed by atoms with Crippen LogP contribution in [0.1, 0.15) is 21.7 Å². The second-order valence-corrected chi connectivity index (χ2v) is 7.96. The maximum Gasteiger partial charge on any atom is 0.273 e. The predicted molar refractivity (Wildman–Crippen MR) is 120 cm³/mol. The largest absolute Gasteiger partial charge is 0.332 e. The Hall–Kier alpha value is -3.77. The Bertz CT molecular complexity index is 1350. The highest BCUT2D eigenvalue weighted by Crippen LogP contribution is 2.27. The van der Waals surface area contributed by atoms with Gasteiger partial charge in [0.05, 0.1) is 4.92 Å². The van der Waals surface area contributed by atoms with E-state index in [2.05, 4.69) is 25.9 Å². The van der Waals surface area contributed by atoms with Gasteiger partial charge in [0.1, 0.15) is 5.01 Å². The number of nitro benzene ring substituents is 1. The lowest BCUT2D eigenvalue weighted by Gasteiger charge is -2.10. The number of thiocarbonyl (C=S) groups is 1. The fourth-order valence-electron chi connectivity index (χ4n) is 2.85. The molecule has 0 atom stereocenters. The van der Waals surface area contributed by atoms with Gasteiger partial charge in [0.25, 0.3) is 11.6 Å². The Morgan fingerprint density at radius 3 is 2.74 bits per heavy atom. The number of hydrogen-bond donors (Lipinski definition) is 2. The summed E-state index contributed by atoms with van der Waals surface area (Å²) in [6.07, 6.45) is 0. The molecule has 156 valence electrons. The van der Waals surface area contributed by atoms with Crippen LogP contribution >= 0.6 is 23.6 Å². The molecule has 2 N–H and O–H groups in total. The van der Waals surface area contributed by atoms with Gasteiger partial charge in [0, 0.05) is 28.4 Å². The molecule has 4 rings (SSSR count). The molecule has 0 spiro atoms. The van der Waals surface area contributed by atoms with Crippen molar-refractivity contribution >= 4 is 50.9 Å². The number of aromatic nitrogens is 4. The first-order valence-corrected chi connectivity index (χ1v) is 10.2. The summed E-state index contributed by atoms with van der Waals surface area (Å²) in [4.78, 5) is 23.7. The normalized spacial score (nSPS) is 10.8. The molecule has 2 aromatic carbocycles. The monoisotopic (exact) mass is 453 g/mol. The van der Waals surface area contributed by atoms with Gasteiger partial charge in [-0.05, 0) is 44.3 Å². The Morgan fingerprint density at radius 2 is 2.00 bits per heavy atom. The van der Waals surface area contributed by atoms with E-state index in [1.807, 2.05) is 25.1 Å². The van der Waals surface area contributed by atoms with Crippen molar-refractivity contribution in [2.45, 2.75) is 13.8 Å². The smallest absolute Gasteiger partial charge is 0.273 e. The minimum Gasteiger partial charge on any atom is -0.332 e. The number of fused-ring (bicyclic) bond motifs is 1. The Balaban J connectivity index is 1.47. The van der Waals surface area contributed by atoms with Crippen molar-refractivity contribution < 1.29 is 9.72 Å². The number of amides is 1. The van der Waals surface area contributed by atoms with Gasteiger partial charge >= 0.3 is 0 Å². The van der Waals surface area contributed by atoms with Crippen LogP contribution in [-0.4, -0.2) is 35.8 Å². The molecule has 1 amide bonds. The molecule has 12 heteroatoms. The number of nitro groups is 1. The molecule has 0 bridgehead atoms. The van der Waals surface area contributed by atoms with Gasteiger partial charge in [-0.25, -0.2) is 0 Å². The molecule has 31 heavy (non-hydrogen) atoms. The first kappa shape index (κ1) is 20.5. The zero-order valence-electron chi connectivity index (χ0n) is 16.3. The van der Waals surface area contributed by atoms with Crippen LogP contribution in [0.5, 0.6) is 0 Å². The van der Waals surface area contributed by atoms with Crippen molar-refractivity contribution in [2.24, 2.45) is 0 Å². The molecule has 0 aliphatic rings. The highest BCUT2D eigenvalue weighted by Gasteiger charge is 2.16. The average molecular weight is 454 g/mol. The minimum absolute atomic E-state index is 0.0689. The van der Waals surface area contributed by atoms with Crippen LogP contribution in [0, 0.1) is 24.0 Å². The molecule has 0 aliphatic carbocycles. The van der Waals surface area contributed by atoms with Crippen LogP contribution in [0.2, 0.25) is 0 Å². The summed E-state index contributed by atoms with van der Waals surface area (Å²) in [7, 11) is 0. The molecule has 0 saturated heterocycles. The van der Waals surface area contributed by atoms with Crippen LogP contribution in [0.25, 0.3) is 15.5 Å². The summed E-state index contributed by atoms with van der Waals surface area (Å²) in [5.41, 5.74) is 1.99. The van der Waals surface area contributed by atoms with E-state index in [4.69, 9.17) is 12.2 Å². The molecular formula is C19H15N7O3S2. The highest BCUT2D eigenvalue weighted by atomic mass is 32.1. The molecule has 0 radical (unpaired) electrons. The van der Waals surface area contributed by atoms with Crippen LogP contribution in [-0.2, 0) is 0 Å². The van der Waals surface area contributed by atoms with E-state index in [-0.39, 0.29) is 16.4 Å².